The molecule has 2 aromatic heterocycles. The third-order valence-electron chi connectivity index (χ3n) is 10.4. The van der Waals surface area contributed by atoms with Crippen molar-refractivity contribution in [3.63, 3.8) is 0 Å². The van der Waals surface area contributed by atoms with E-state index >= 15 is 0 Å². The van der Waals surface area contributed by atoms with Crippen LogP contribution in [0.4, 0.5) is 22.1 Å². The molecule has 3 aliphatic heterocycles. The van der Waals surface area contributed by atoms with Gasteiger partial charge in [-0.2, -0.15) is 0 Å². The predicted molar refractivity (Wildman–Crippen MR) is 185 cm³/mol. The van der Waals surface area contributed by atoms with Crippen LogP contribution in [-0.2, 0) is 4.74 Å². The Morgan fingerprint density at radius 3 is 2.49 bits per heavy atom. The number of fused-ring (bicyclic) bond motifs is 1. The molecule has 1 saturated carbocycles. The van der Waals surface area contributed by atoms with E-state index in [2.05, 4.69) is 73.3 Å². The van der Waals surface area contributed by atoms with Crippen molar-refractivity contribution in [3.8, 4) is 17.0 Å². The van der Waals surface area contributed by atoms with Gasteiger partial charge in [-0.1, -0.05) is 18.2 Å². The largest absolute Gasteiger partial charge is 0.494 e. The van der Waals surface area contributed by atoms with Crippen LogP contribution in [0.3, 0.4) is 0 Å². The number of carbonyl (C=O) groups excluding carboxylic acids is 1. The average Bonchev–Trinajstić information content (AvgIpc) is 3.79. The highest BCUT2D eigenvalue weighted by Crippen LogP contribution is 2.45. The number of benzene rings is 2. The molecular weight excluding hydrogens is 590 g/mol. The van der Waals surface area contributed by atoms with E-state index in [9.17, 15) is 4.79 Å². The first-order valence-electron chi connectivity index (χ1n) is 17.0. The number of aromatic nitrogens is 3. The molecule has 1 spiro atoms. The number of nitrogens with zero attached hydrogens (tertiary/aromatic N) is 6. The van der Waals surface area contributed by atoms with Gasteiger partial charge in [0, 0.05) is 84.3 Å². The standard InChI is InChI=1S/C37H45N7O3/c1-36(2,3)47-35(45)42-20-27(21-42)41-17-14-37(15-18-41)23-43(24-37)26-11-12-31(33(19-26)46-4)40-34-38-16-13-30(39-34)29-22-44(25-9-10-25)32-8-6-5-7-28(29)32/h5-8,11-13,16,19,22,25,27H,9-10,14-15,17-18,20-21,23-24H2,1-4H3,(H,38,39,40). The SMILES string of the molecule is COc1cc(N2CC3(CCN(C4CN(C(=O)OC(C)(C)C)C4)CC3)C2)ccc1Nc1nccc(-c2cn(C3CC3)c3ccccc23)n1. The minimum Gasteiger partial charge on any atom is -0.494 e. The van der Waals surface area contributed by atoms with Gasteiger partial charge in [0.05, 0.1) is 18.5 Å². The van der Waals surface area contributed by atoms with Crippen LogP contribution in [0.15, 0.2) is 60.9 Å². The third kappa shape index (κ3) is 5.88. The Hall–Kier alpha value is -4.31. The fourth-order valence-electron chi connectivity index (χ4n) is 7.52. The summed E-state index contributed by atoms with van der Waals surface area (Å²) in [5, 5.41) is 4.64. The first kappa shape index (κ1) is 30.1. The lowest BCUT2D eigenvalue weighted by molar-refractivity contribution is -0.0323. The summed E-state index contributed by atoms with van der Waals surface area (Å²) >= 11 is 0. The summed E-state index contributed by atoms with van der Waals surface area (Å²) in [5.41, 5.74) is 5.24. The molecule has 4 aromatic rings. The lowest BCUT2D eigenvalue weighted by Crippen LogP contribution is -2.66. The summed E-state index contributed by atoms with van der Waals surface area (Å²) in [6.07, 6.45) is 8.73. The molecule has 47 heavy (non-hydrogen) atoms. The van der Waals surface area contributed by atoms with Crippen LogP contribution in [0.1, 0.15) is 52.5 Å². The Morgan fingerprint density at radius 2 is 1.77 bits per heavy atom. The zero-order valence-electron chi connectivity index (χ0n) is 27.9. The van der Waals surface area contributed by atoms with Crippen molar-refractivity contribution in [2.24, 2.45) is 5.41 Å². The number of amides is 1. The Kier molecular flexibility index (Phi) is 7.31. The summed E-state index contributed by atoms with van der Waals surface area (Å²) in [6, 6.07) is 18.0. The topological polar surface area (TPSA) is 88.0 Å². The van der Waals surface area contributed by atoms with Gasteiger partial charge in [-0.15, -0.1) is 0 Å². The van der Waals surface area contributed by atoms with E-state index in [0.717, 1.165) is 62.0 Å². The number of piperidine rings is 1. The lowest BCUT2D eigenvalue weighted by atomic mass is 9.71. The summed E-state index contributed by atoms with van der Waals surface area (Å²) in [7, 11) is 1.71. The van der Waals surface area contributed by atoms with E-state index in [1.807, 2.05) is 37.9 Å². The Labute approximate surface area is 276 Å². The molecule has 1 N–H and O–H groups in total. The smallest absolute Gasteiger partial charge is 0.410 e. The normalized spacial score (nSPS) is 19.8. The van der Waals surface area contributed by atoms with Crippen molar-refractivity contribution in [1.29, 1.82) is 0 Å². The van der Waals surface area contributed by atoms with Gasteiger partial charge in [0.15, 0.2) is 0 Å². The number of carbonyl (C=O) groups is 1. The van der Waals surface area contributed by atoms with Crippen LogP contribution in [-0.4, -0.2) is 88.4 Å². The van der Waals surface area contributed by atoms with Gasteiger partial charge < -0.3 is 29.2 Å². The van der Waals surface area contributed by atoms with E-state index in [-0.39, 0.29) is 6.09 Å². The number of ether oxygens (including phenoxy) is 2. The van der Waals surface area contributed by atoms with Gasteiger partial charge in [-0.3, -0.25) is 4.90 Å². The minimum atomic E-state index is -0.448. The van der Waals surface area contributed by atoms with E-state index in [4.69, 9.17) is 14.5 Å². The van der Waals surface area contributed by atoms with Crippen LogP contribution in [0.5, 0.6) is 5.75 Å². The fourth-order valence-corrected chi connectivity index (χ4v) is 7.52. The summed E-state index contributed by atoms with van der Waals surface area (Å²) in [4.78, 5) is 28.7. The molecule has 246 valence electrons. The molecule has 4 fully saturated rings. The second-order valence-electron chi connectivity index (χ2n) is 14.9. The summed E-state index contributed by atoms with van der Waals surface area (Å²) in [6.45, 7) is 11.6. The van der Waals surface area contributed by atoms with Crippen molar-refractivity contribution in [2.75, 3.05) is 56.6 Å². The molecular formula is C37H45N7O3. The maximum atomic E-state index is 12.3. The second-order valence-corrected chi connectivity index (χ2v) is 14.9. The fraction of sp³-hybridized carbons (Fsp3) is 0.486. The molecule has 3 saturated heterocycles. The quantitative estimate of drug-likeness (QED) is 0.240. The van der Waals surface area contributed by atoms with Gasteiger partial charge in [0.2, 0.25) is 5.95 Å². The van der Waals surface area contributed by atoms with Gasteiger partial charge in [-0.25, -0.2) is 14.8 Å². The highest BCUT2D eigenvalue weighted by molar-refractivity contribution is 5.95. The van der Waals surface area contributed by atoms with Crippen molar-refractivity contribution < 1.29 is 14.3 Å². The molecule has 10 heteroatoms. The van der Waals surface area contributed by atoms with E-state index in [0.29, 0.717) is 23.4 Å². The Balaban J connectivity index is 0.884. The number of hydrogen-bond donors (Lipinski definition) is 1. The molecule has 2 aromatic carbocycles. The number of hydrogen-bond acceptors (Lipinski definition) is 8. The summed E-state index contributed by atoms with van der Waals surface area (Å²) in [5.74, 6) is 1.32. The third-order valence-corrected chi connectivity index (χ3v) is 10.4. The Bertz CT molecular complexity index is 1790. The van der Waals surface area contributed by atoms with Crippen LogP contribution in [0, 0.1) is 5.41 Å². The van der Waals surface area contributed by atoms with E-state index in [1.165, 1.54) is 42.3 Å². The second kappa shape index (κ2) is 11.4. The monoisotopic (exact) mass is 635 g/mol. The predicted octanol–water partition coefficient (Wildman–Crippen LogP) is 6.71. The molecule has 1 amide bonds. The van der Waals surface area contributed by atoms with Crippen LogP contribution >= 0.6 is 0 Å². The number of rotatable bonds is 7. The van der Waals surface area contributed by atoms with Crippen molar-refractivity contribution >= 4 is 34.3 Å². The molecule has 0 bridgehead atoms. The molecule has 0 radical (unpaired) electrons. The molecule has 0 atom stereocenters. The van der Waals surface area contributed by atoms with Crippen LogP contribution in [0.2, 0.25) is 0 Å². The zero-order chi connectivity index (χ0) is 32.3. The van der Waals surface area contributed by atoms with E-state index < -0.39 is 5.60 Å². The number of methoxy groups -OCH3 is 1. The number of likely N-dealkylation sites (tertiary alicyclic amines) is 2. The average molecular weight is 636 g/mol. The van der Waals surface area contributed by atoms with Gasteiger partial charge >= 0.3 is 6.09 Å². The van der Waals surface area contributed by atoms with Gasteiger partial charge in [-0.05, 0) is 83.8 Å². The number of anilines is 3. The maximum absolute atomic E-state index is 12.3. The number of para-hydroxylation sites is 1. The van der Waals surface area contributed by atoms with Gasteiger partial charge in [0.25, 0.3) is 0 Å². The highest BCUT2D eigenvalue weighted by atomic mass is 16.6. The number of nitrogens with one attached hydrogen (secondary N) is 1. The first-order valence-corrected chi connectivity index (χ1v) is 17.0. The lowest BCUT2D eigenvalue weighted by Gasteiger charge is -2.57. The van der Waals surface area contributed by atoms with E-state index in [1.54, 1.807) is 7.11 Å². The van der Waals surface area contributed by atoms with Crippen LogP contribution in [0.25, 0.3) is 22.2 Å². The molecule has 5 heterocycles. The molecule has 8 rings (SSSR count). The van der Waals surface area contributed by atoms with Gasteiger partial charge in [0.1, 0.15) is 11.4 Å². The van der Waals surface area contributed by atoms with Crippen molar-refractivity contribution in [1.82, 2.24) is 24.3 Å². The minimum absolute atomic E-state index is 0.192. The van der Waals surface area contributed by atoms with Crippen molar-refractivity contribution in [2.45, 2.75) is 64.1 Å². The molecule has 1 aliphatic carbocycles. The zero-order valence-corrected chi connectivity index (χ0v) is 27.9. The maximum Gasteiger partial charge on any atom is 0.410 e. The highest BCUT2D eigenvalue weighted by Gasteiger charge is 2.47. The summed E-state index contributed by atoms with van der Waals surface area (Å²) < 4.78 is 13.8. The molecule has 0 unspecified atom stereocenters. The molecule has 4 aliphatic rings. The molecule has 10 nitrogen and oxygen atoms in total. The first-order chi connectivity index (χ1) is 22.7. The Morgan fingerprint density at radius 1 is 1.00 bits per heavy atom. The van der Waals surface area contributed by atoms with Crippen LogP contribution < -0.4 is 15.0 Å². The van der Waals surface area contributed by atoms with Crippen molar-refractivity contribution in [3.05, 3.63) is 60.9 Å².